The molecule has 0 fully saturated rings. The molecule has 0 saturated heterocycles. The molecule has 0 aromatic carbocycles. The van der Waals surface area contributed by atoms with E-state index in [2.05, 4.69) is 10.6 Å². The Morgan fingerprint density at radius 2 is 1.83 bits per heavy atom. The smallest absolute Gasteiger partial charge is 0.407 e. The van der Waals surface area contributed by atoms with Gasteiger partial charge in [-0.2, -0.15) is 0 Å². The number of nitrogens with one attached hydrogen (secondary N) is 2. The second kappa shape index (κ2) is 7.95. The van der Waals surface area contributed by atoms with Crippen molar-refractivity contribution in [2.24, 2.45) is 0 Å². The molecule has 2 N–H and O–H groups in total. The van der Waals surface area contributed by atoms with Crippen LogP contribution in [0, 0.1) is 0 Å². The fourth-order valence-corrected chi connectivity index (χ4v) is 1.50. The summed E-state index contributed by atoms with van der Waals surface area (Å²) in [6, 6.07) is 0.184. The highest BCUT2D eigenvalue weighted by Crippen LogP contribution is 2.06. The lowest BCUT2D eigenvalue weighted by molar-refractivity contribution is -0.119. The third-order valence-electron chi connectivity index (χ3n) is 2.18. The average molecular weight is 258 g/mol. The topological polar surface area (TPSA) is 67.4 Å². The van der Waals surface area contributed by atoms with Crippen molar-refractivity contribution in [1.82, 2.24) is 10.6 Å². The highest BCUT2D eigenvalue weighted by molar-refractivity contribution is 5.73. The molecule has 106 valence electrons. The minimum atomic E-state index is -0.454. The monoisotopic (exact) mass is 258 g/mol. The molecule has 18 heavy (non-hydrogen) atoms. The summed E-state index contributed by atoms with van der Waals surface area (Å²) in [4.78, 5) is 22.1. The Bertz CT molecular complexity index is 272. The van der Waals surface area contributed by atoms with Gasteiger partial charge in [-0.15, -0.1) is 0 Å². The van der Waals surface area contributed by atoms with Crippen LogP contribution >= 0.6 is 0 Å². The van der Waals surface area contributed by atoms with Gasteiger partial charge in [0.25, 0.3) is 0 Å². The second-order valence-corrected chi connectivity index (χ2v) is 5.53. The summed E-state index contributed by atoms with van der Waals surface area (Å²) in [5.41, 5.74) is -0.454. The SMILES string of the molecule is CC(=O)N[C@H](C)CCCCNC(=O)OC(C)(C)C. The lowest BCUT2D eigenvalue weighted by atomic mass is 10.1. The standard InChI is InChI=1S/C13H26N2O3/c1-10(15-11(2)16)8-6-7-9-14-12(17)18-13(3,4)5/h10H,6-9H2,1-5H3,(H,14,17)(H,15,16)/t10-/m1/s1. The van der Waals surface area contributed by atoms with Crippen molar-refractivity contribution < 1.29 is 14.3 Å². The molecule has 0 aromatic rings. The molecule has 0 saturated carbocycles. The van der Waals surface area contributed by atoms with Crippen LogP contribution in [-0.4, -0.2) is 30.2 Å². The fourth-order valence-electron chi connectivity index (χ4n) is 1.50. The fraction of sp³-hybridized carbons (Fsp3) is 0.846. The molecule has 0 rings (SSSR count). The summed E-state index contributed by atoms with van der Waals surface area (Å²) in [5, 5.41) is 5.53. The maximum atomic E-state index is 11.3. The average Bonchev–Trinajstić information content (AvgIpc) is 2.12. The third-order valence-corrected chi connectivity index (χ3v) is 2.18. The number of rotatable bonds is 6. The molecule has 0 heterocycles. The van der Waals surface area contributed by atoms with Crippen LogP contribution in [0.2, 0.25) is 0 Å². The van der Waals surface area contributed by atoms with Gasteiger partial charge in [-0.1, -0.05) is 0 Å². The summed E-state index contributed by atoms with van der Waals surface area (Å²) in [7, 11) is 0. The molecule has 0 radical (unpaired) electrons. The first kappa shape index (κ1) is 16.7. The minimum absolute atomic E-state index is 0.00520. The van der Waals surface area contributed by atoms with Crippen molar-refractivity contribution >= 4 is 12.0 Å². The molecule has 2 amide bonds. The predicted molar refractivity (Wildman–Crippen MR) is 71.4 cm³/mol. The number of hydrogen-bond donors (Lipinski definition) is 2. The van der Waals surface area contributed by atoms with E-state index in [4.69, 9.17) is 4.74 Å². The first-order valence-corrected chi connectivity index (χ1v) is 6.44. The highest BCUT2D eigenvalue weighted by Gasteiger charge is 2.15. The van der Waals surface area contributed by atoms with Gasteiger partial charge in [0.15, 0.2) is 0 Å². The molecule has 5 heteroatoms. The van der Waals surface area contributed by atoms with Gasteiger partial charge in [0, 0.05) is 19.5 Å². The van der Waals surface area contributed by atoms with Crippen LogP contribution in [0.1, 0.15) is 53.9 Å². The Kier molecular flexibility index (Phi) is 7.39. The van der Waals surface area contributed by atoms with Crippen molar-refractivity contribution in [3.63, 3.8) is 0 Å². The Labute approximate surface area is 110 Å². The maximum Gasteiger partial charge on any atom is 0.407 e. The summed E-state index contributed by atoms with van der Waals surface area (Å²) in [6.45, 7) is 9.59. The highest BCUT2D eigenvalue weighted by atomic mass is 16.6. The third kappa shape index (κ3) is 11.2. The van der Waals surface area contributed by atoms with Gasteiger partial charge in [0.1, 0.15) is 5.60 Å². The number of carbonyl (C=O) groups excluding carboxylic acids is 2. The molecule has 0 aromatic heterocycles. The second-order valence-electron chi connectivity index (χ2n) is 5.53. The molecule has 0 spiro atoms. The molecule has 5 nitrogen and oxygen atoms in total. The van der Waals surface area contributed by atoms with Crippen LogP contribution in [0.3, 0.4) is 0 Å². The quantitative estimate of drug-likeness (QED) is 0.718. The van der Waals surface area contributed by atoms with Crippen molar-refractivity contribution in [3.8, 4) is 0 Å². The van der Waals surface area contributed by atoms with Gasteiger partial charge >= 0.3 is 6.09 Å². The van der Waals surface area contributed by atoms with E-state index >= 15 is 0 Å². The van der Waals surface area contributed by atoms with Crippen LogP contribution in [0.4, 0.5) is 4.79 Å². The molecular formula is C13H26N2O3. The van der Waals surface area contributed by atoms with Gasteiger partial charge in [0.2, 0.25) is 5.91 Å². The van der Waals surface area contributed by atoms with Crippen molar-refractivity contribution in [1.29, 1.82) is 0 Å². The number of hydrogen-bond acceptors (Lipinski definition) is 3. The van der Waals surface area contributed by atoms with E-state index in [0.29, 0.717) is 6.54 Å². The van der Waals surface area contributed by atoms with Crippen LogP contribution in [0.15, 0.2) is 0 Å². The van der Waals surface area contributed by atoms with Crippen molar-refractivity contribution in [2.75, 3.05) is 6.54 Å². The molecule has 1 atom stereocenters. The molecule has 0 unspecified atom stereocenters. The minimum Gasteiger partial charge on any atom is -0.444 e. The van der Waals surface area contributed by atoms with Crippen LogP contribution in [0.5, 0.6) is 0 Å². The Morgan fingerprint density at radius 3 is 2.33 bits per heavy atom. The largest absolute Gasteiger partial charge is 0.444 e. The van der Waals surface area contributed by atoms with Gasteiger partial charge in [0.05, 0.1) is 0 Å². The van der Waals surface area contributed by atoms with Crippen LogP contribution in [-0.2, 0) is 9.53 Å². The summed E-state index contributed by atoms with van der Waals surface area (Å²) in [5.74, 6) is -0.00520. The van der Waals surface area contributed by atoms with Gasteiger partial charge in [-0.3, -0.25) is 4.79 Å². The molecule has 0 aliphatic heterocycles. The van der Waals surface area contributed by atoms with E-state index in [-0.39, 0.29) is 18.0 Å². The van der Waals surface area contributed by atoms with Gasteiger partial charge in [-0.05, 0) is 47.0 Å². The molecular weight excluding hydrogens is 232 g/mol. The first-order valence-electron chi connectivity index (χ1n) is 6.44. The van der Waals surface area contributed by atoms with E-state index in [1.807, 2.05) is 27.7 Å². The summed E-state index contributed by atoms with van der Waals surface area (Å²) in [6.07, 6.45) is 2.37. The Hall–Kier alpha value is -1.26. The summed E-state index contributed by atoms with van der Waals surface area (Å²) < 4.78 is 5.11. The Morgan fingerprint density at radius 1 is 1.22 bits per heavy atom. The van der Waals surface area contributed by atoms with Crippen molar-refractivity contribution in [2.45, 2.75) is 65.5 Å². The zero-order valence-corrected chi connectivity index (χ0v) is 12.1. The molecule has 0 aliphatic rings. The lowest BCUT2D eigenvalue weighted by Gasteiger charge is -2.19. The summed E-state index contributed by atoms with van der Waals surface area (Å²) >= 11 is 0. The maximum absolute atomic E-state index is 11.3. The Balaban J connectivity index is 3.51. The van der Waals surface area contributed by atoms with Crippen LogP contribution in [0.25, 0.3) is 0 Å². The van der Waals surface area contributed by atoms with Crippen LogP contribution < -0.4 is 10.6 Å². The number of unbranched alkanes of at least 4 members (excludes halogenated alkanes) is 1. The number of carbonyl (C=O) groups is 2. The first-order chi connectivity index (χ1) is 8.20. The number of amides is 2. The molecule has 0 aliphatic carbocycles. The van der Waals surface area contributed by atoms with Gasteiger partial charge < -0.3 is 15.4 Å². The van der Waals surface area contributed by atoms with E-state index in [9.17, 15) is 9.59 Å². The normalized spacial score (nSPS) is 12.7. The number of alkyl carbamates (subject to hydrolysis) is 1. The molecule has 0 bridgehead atoms. The van der Waals surface area contributed by atoms with E-state index in [1.165, 1.54) is 6.92 Å². The van der Waals surface area contributed by atoms with Crippen molar-refractivity contribution in [3.05, 3.63) is 0 Å². The number of ether oxygens (including phenoxy) is 1. The lowest BCUT2D eigenvalue weighted by Crippen LogP contribution is -2.33. The predicted octanol–water partition coefficient (Wildman–Crippen LogP) is 2.21. The van der Waals surface area contributed by atoms with Gasteiger partial charge in [-0.25, -0.2) is 4.79 Å². The van der Waals surface area contributed by atoms with E-state index < -0.39 is 5.60 Å². The zero-order chi connectivity index (χ0) is 14.2. The van der Waals surface area contributed by atoms with E-state index in [1.54, 1.807) is 0 Å². The van der Waals surface area contributed by atoms with E-state index in [0.717, 1.165) is 19.3 Å². The zero-order valence-electron chi connectivity index (χ0n) is 12.1.